The van der Waals surface area contributed by atoms with Crippen molar-refractivity contribution in [3.05, 3.63) is 12.2 Å². The molecule has 15 heavy (non-hydrogen) atoms. The fraction of sp³-hybridized carbons (Fsp3) is 0.385. The molecule has 0 aliphatic rings. The number of allylic oxidation sites excluding steroid dienone is 2. The summed E-state index contributed by atoms with van der Waals surface area (Å²) in [5.74, 6) is 15.7. The molecule has 0 fully saturated rings. The molecule has 2 N–H and O–H groups in total. The van der Waals surface area contributed by atoms with Crippen molar-refractivity contribution >= 4 is 0 Å². The van der Waals surface area contributed by atoms with Gasteiger partial charge in [-0.2, -0.15) is 0 Å². The summed E-state index contributed by atoms with van der Waals surface area (Å²) in [7, 11) is 0. The zero-order valence-electron chi connectivity index (χ0n) is 8.75. The second-order valence-corrected chi connectivity index (χ2v) is 2.71. The molecule has 0 aromatic heterocycles. The largest absolute Gasteiger partial charge is 0.394 e. The smallest absolute Gasteiger partial charge is 0.0773 e. The molecular formula is C13H14O2. The zero-order chi connectivity index (χ0) is 11.4. The monoisotopic (exact) mass is 202 g/mol. The SMILES string of the molecule is CC#CC#CC#CC=CCCC(O)CO. The quantitative estimate of drug-likeness (QED) is 0.659. The lowest BCUT2D eigenvalue weighted by molar-refractivity contribution is 0.0891. The van der Waals surface area contributed by atoms with E-state index in [-0.39, 0.29) is 6.61 Å². The molecule has 0 bridgehead atoms. The molecular weight excluding hydrogens is 188 g/mol. The van der Waals surface area contributed by atoms with Crippen LogP contribution in [0.1, 0.15) is 19.8 Å². The van der Waals surface area contributed by atoms with Crippen LogP contribution in [0.15, 0.2) is 12.2 Å². The number of hydrogen-bond donors (Lipinski definition) is 2. The number of hydrogen-bond acceptors (Lipinski definition) is 2. The molecule has 0 heterocycles. The van der Waals surface area contributed by atoms with Gasteiger partial charge in [0, 0.05) is 0 Å². The zero-order valence-corrected chi connectivity index (χ0v) is 8.75. The van der Waals surface area contributed by atoms with Gasteiger partial charge in [-0.3, -0.25) is 0 Å². The van der Waals surface area contributed by atoms with Crippen LogP contribution >= 0.6 is 0 Å². The summed E-state index contributed by atoms with van der Waals surface area (Å²) in [6.07, 6.45) is 4.11. The van der Waals surface area contributed by atoms with E-state index in [9.17, 15) is 0 Å². The van der Waals surface area contributed by atoms with Crippen LogP contribution in [-0.2, 0) is 0 Å². The van der Waals surface area contributed by atoms with Crippen LogP contribution in [-0.4, -0.2) is 22.9 Å². The Kier molecular flexibility index (Phi) is 9.27. The maximum Gasteiger partial charge on any atom is 0.0773 e. The van der Waals surface area contributed by atoms with Gasteiger partial charge in [0.05, 0.1) is 12.7 Å². The molecule has 78 valence electrons. The molecule has 0 spiro atoms. The minimum Gasteiger partial charge on any atom is -0.394 e. The second-order valence-electron chi connectivity index (χ2n) is 2.71. The van der Waals surface area contributed by atoms with E-state index in [4.69, 9.17) is 10.2 Å². The van der Waals surface area contributed by atoms with Gasteiger partial charge in [0.15, 0.2) is 0 Å². The van der Waals surface area contributed by atoms with E-state index < -0.39 is 6.10 Å². The molecule has 0 aliphatic carbocycles. The Balaban J connectivity index is 3.70. The molecule has 0 aromatic rings. The molecule has 0 saturated carbocycles. The third-order valence-corrected chi connectivity index (χ3v) is 1.46. The molecule has 0 aromatic carbocycles. The van der Waals surface area contributed by atoms with Gasteiger partial charge in [0.25, 0.3) is 0 Å². The van der Waals surface area contributed by atoms with Gasteiger partial charge in [-0.05, 0) is 49.5 Å². The average molecular weight is 202 g/mol. The molecule has 1 unspecified atom stereocenters. The van der Waals surface area contributed by atoms with Crippen LogP contribution < -0.4 is 0 Å². The van der Waals surface area contributed by atoms with E-state index in [1.807, 2.05) is 6.08 Å². The molecule has 0 aliphatic heterocycles. The number of aliphatic hydroxyl groups excluding tert-OH is 2. The molecule has 1 atom stereocenters. The van der Waals surface area contributed by atoms with Gasteiger partial charge in [-0.25, -0.2) is 0 Å². The molecule has 0 rings (SSSR count). The van der Waals surface area contributed by atoms with Crippen LogP contribution in [0.5, 0.6) is 0 Å². The van der Waals surface area contributed by atoms with E-state index >= 15 is 0 Å². The third kappa shape index (κ3) is 10.3. The normalized spacial score (nSPS) is 10.3. The Labute approximate surface area is 91.0 Å². The summed E-state index contributed by atoms with van der Waals surface area (Å²) < 4.78 is 0. The highest BCUT2D eigenvalue weighted by Gasteiger charge is 1.97. The molecule has 2 heteroatoms. The summed E-state index contributed by atoms with van der Waals surface area (Å²) in [4.78, 5) is 0. The minimum atomic E-state index is -0.637. The number of rotatable bonds is 4. The predicted octanol–water partition coefficient (Wildman–Crippen LogP) is 0.706. The van der Waals surface area contributed by atoms with Gasteiger partial charge < -0.3 is 10.2 Å². The lowest BCUT2D eigenvalue weighted by Gasteiger charge is -2.01. The highest BCUT2D eigenvalue weighted by atomic mass is 16.3. The lowest BCUT2D eigenvalue weighted by Crippen LogP contribution is -2.10. The molecule has 0 amide bonds. The van der Waals surface area contributed by atoms with Gasteiger partial charge in [0.1, 0.15) is 0 Å². The van der Waals surface area contributed by atoms with E-state index in [2.05, 4.69) is 35.5 Å². The van der Waals surface area contributed by atoms with Crippen LogP contribution in [0.3, 0.4) is 0 Å². The van der Waals surface area contributed by atoms with Gasteiger partial charge >= 0.3 is 0 Å². The maximum absolute atomic E-state index is 9.00. The lowest BCUT2D eigenvalue weighted by atomic mass is 10.2. The molecule has 2 nitrogen and oxygen atoms in total. The topological polar surface area (TPSA) is 40.5 Å². The first-order valence-corrected chi connectivity index (χ1v) is 4.67. The summed E-state index contributed by atoms with van der Waals surface area (Å²) in [5.41, 5.74) is 0. The maximum atomic E-state index is 9.00. The van der Waals surface area contributed by atoms with E-state index in [1.165, 1.54) is 0 Å². The van der Waals surface area contributed by atoms with Crippen molar-refractivity contribution in [1.29, 1.82) is 0 Å². The standard InChI is InChI=1S/C13H14O2/c1-2-3-4-5-6-7-8-9-10-11-13(15)12-14/h8-9,13-15H,10-12H2,1H3. The Hall–Kier alpha value is -1.66. The summed E-state index contributed by atoms with van der Waals surface area (Å²) >= 11 is 0. The third-order valence-electron chi connectivity index (χ3n) is 1.46. The second kappa shape index (κ2) is 10.4. The van der Waals surface area contributed by atoms with Gasteiger partial charge in [0.2, 0.25) is 0 Å². The first-order valence-electron chi connectivity index (χ1n) is 4.67. The summed E-state index contributed by atoms with van der Waals surface area (Å²) in [6.45, 7) is 1.52. The Morgan fingerprint density at radius 2 is 1.93 bits per heavy atom. The first kappa shape index (κ1) is 13.3. The van der Waals surface area contributed by atoms with Crippen molar-refractivity contribution in [2.75, 3.05) is 6.61 Å². The highest BCUT2D eigenvalue weighted by molar-refractivity contribution is 5.37. The van der Waals surface area contributed by atoms with Crippen molar-refractivity contribution in [2.24, 2.45) is 0 Å². The van der Waals surface area contributed by atoms with Crippen LogP contribution in [0.2, 0.25) is 0 Å². The van der Waals surface area contributed by atoms with Crippen LogP contribution in [0.4, 0.5) is 0 Å². The minimum absolute atomic E-state index is 0.194. The average Bonchev–Trinajstić information content (AvgIpc) is 2.26. The predicted molar refractivity (Wildman–Crippen MR) is 60.5 cm³/mol. The highest BCUT2D eigenvalue weighted by Crippen LogP contribution is 1.96. The van der Waals surface area contributed by atoms with Crippen LogP contribution in [0.25, 0.3) is 0 Å². The summed E-state index contributed by atoms with van der Waals surface area (Å²) in [5, 5.41) is 17.5. The van der Waals surface area contributed by atoms with E-state index in [1.54, 1.807) is 13.0 Å². The Bertz CT molecular complexity index is 361. The fourth-order valence-electron chi connectivity index (χ4n) is 0.725. The van der Waals surface area contributed by atoms with E-state index in [0.717, 1.165) is 0 Å². The Morgan fingerprint density at radius 3 is 2.60 bits per heavy atom. The molecule has 0 radical (unpaired) electrons. The van der Waals surface area contributed by atoms with Crippen molar-refractivity contribution < 1.29 is 10.2 Å². The van der Waals surface area contributed by atoms with Gasteiger partial charge in [-0.15, -0.1) is 0 Å². The van der Waals surface area contributed by atoms with E-state index in [0.29, 0.717) is 12.8 Å². The first-order chi connectivity index (χ1) is 7.31. The molecule has 0 saturated heterocycles. The van der Waals surface area contributed by atoms with Crippen LogP contribution in [0, 0.1) is 35.5 Å². The van der Waals surface area contributed by atoms with Crippen molar-refractivity contribution in [1.82, 2.24) is 0 Å². The summed E-state index contributed by atoms with van der Waals surface area (Å²) in [6, 6.07) is 0. The van der Waals surface area contributed by atoms with Crippen molar-refractivity contribution in [3.8, 4) is 35.5 Å². The van der Waals surface area contributed by atoms with Crippen molar-refractivity contribution in [3.63, 3.8) is 0 Å². The van der Waals surface area contributed by atoms with Gasteiger partial charge in [-0.1, -0.05) is 17.9 Å². The number of aliphatic hydroxyl groups is 2. The fourth-order valence-corrected chi connectivity index (χ4v) is 0.725. The Morgan fingerprint density at radius 1 is 1.20 bits per heavy atom. The van der Waals surface area contributed by atoms with Crippen molar-refractivity contribution in [2.45, 2.75) is 25.9 Å².